The van der Waals surface area contributed by atoms with Crippen LogP contribution in [0.1, 0.15) is 19.6 Å². The van der Waals surface area contributed by atoms with Crippen molar-refractivity contribution in [1.82, 2.24) is 19.5 Å². The summed E-state index contributed by atoms with van der Waals surface area (Å²) in [5.74, 6) is 6.30. The lowest BCUT2D eigenvalue weighted by Gasteiger charge is -2.13. The Morgan fingerprint density at radius 2 is 2.32 bits per heavy atom. The molecule has 3 rings (SSSR count). The Hall–Kier alpha value is -2.21. The number of fused-ring (bicyclic) bond motifs is 1. The standard InChI is InChI=1S/C14H17N5O3/c1-2-3-4-15-13-12-14(17-7-16-13)19(8-18-12)11-5-9(21)10(6-20)22-11/h7-11,20-21H,4-6H2,1H3,(H,15,16,17)/t9-,10+,11+/m0/s1. The van der Waals surface area contributed by atoms with Crippen molar-refractivity contribution in [3.8, 4) is 11.8 Å². The van der Waals surface area contributed by atoms with Crippen molar-refractivity contribution in [2.24, 2.45) is 0 Å². The van der Waals surface area contributed by atoms with E-state index in [0.29, 0.717) is 29.9 Å². The molecule has 116 valence electrons. The number of nitrogens with zero attached hydrogens (tertiary/aromatic N) is 4. The van der Waals surface area contributed by atoms with Crippen LogP contribution in [-0.2, 0) is 4.74 Å². The Morgan fingerprint density at radius 1 is 1.45 bits per heavy atom. The second-order valence-electron chi connectivity index (χ2n) is 4.94. The Balaban J connectivity index is 1.89. The fourth-order valence-corrected chi connectivity index (χ4v) is 2.46. The van der Waals surface area contributed by atoms with Crippen LogP contribution in [0.2, 0.25) is 0 Å². The van der Waals surface area contributed by atoms with Crippen LogP contribution in [-0.4, -0.2) is 55.1 Å². The van der Waals surface area contributed by atoms with Crippen LogP contribution in [0.3, 0.4) is 0 Å². The smallest absolute Gasteiger partial charge is 0.167 e. The molecule has 8 heteroatoms. The number of hydrogen-bond donors (Lipinski definition) is 3. The van der Waals surface area contributed by atoms with Crippen molar-refractivity contribution in [2.45, 2.75) is 31.8 Å². The normalized spacial score (nSPS) is 24.2. The number of aromatic nitrogens is 4. The van der Waals surface area contributed by atoms with Gasteiger partial charge in [-0.3, -0.25) is 4.57 Å². The molecule has 0 saturated carbocycles. The van der Waals surface area contributed by atoms with Gasteiger partial charge in [-0.15, -0.1) is 5.92 Å². The van der Waals surface area contributed by atoms with Gasteiger partial charge in [-0.25, -0.2) is 15.0 Å². The maximum atomic E-state index is 9.85. The van der Waals surface area contributed by atoms with Crippen molar-refractivity contribution in [2.75, 3.05) is 18.5 Å². The highest BCUT2D eigenvalue weighted by Crippen LogP contribution is 2.31. The number of nitrogens with one attached hydrogen (secondary N) is 1. The number of imidazole rings is 1. The summed E-state index contributed by atoms with van der Waals surface area (Å²) in [6, 6.07) is 0. The molecule has 1 fully saturated rings. The molecule has 8 nitrogen and oxygen atoms in total. The first kappa shape index (κ1) is 14.7. The largest absolute Gasteiger partial charge is 0.394 e. The van der Waals surface area contributed by atoms with E-state index < -0.39 is 18.4 Å². The van der Waals surface area contributed by atoms with E-state index in [1.165, 1.54) is 6.33 Å². The Labute approximate surface area is 127 Å². The van der Waals surface area contributed by atoms with Crippen molar-refractivity contribution in [3.05, 3.63) is 12.7 Å². The zero-order valence-corrected chi connectivity index (χ0v) is 12.1. The van der Waals surface area contributed by atoms with Gasteiger partial charge in [0.1, 0.15) is 18.7 Å². The highest BCUT2D eigenvalue weighted by molar-refractivity contribution is 5.82. The first-order chi connectivity index (χ1) is 10.7. The molecule has 0 aliphatic carbocycles. The Morgan fingerprint density at radius 3 is 3.05 bits per heavy atom. The SMILES string of the molecule is CC#CCNc1ncnc2c1ncn2[C@H]1C[C@H](O)[C@@H](CO)O1. The second-order valence-corrected chi connectivity index (χ2v) is 4.94. The van der Waals surface area contributed by atoms with Crippen LogP contribution in [0.5, 0.6) is 0 Å². The summed E-state index contributed by atoms with van der Waals surface area (Å²) in [6.07, 6.45) is 1.73. The minimum Gasteiger partial charge on any atom is -0.394 e. The predicted octanol–water partition coefficient (Wildman–Crippen LogP) is -0.0978. The van der Waals surface area contributed by atoms with E-state index in [4.69, 9.17) is 4.74 Å². The van der Waals surface area contributed by atoms with Gasteiger partial charge in [0.15, 0.2) is 17.0 Å². The minimum absolute atomic E-state index is 0.220. The molecule has 1 saturated heterocycles. The highest BCUT2D eigenvalue weighted by Gasteiger charge is 2.35. The maximum absolute atomic E-state index is 9.85. The van der Waals surface area contributed by atoms with E-state index in [9.17, 15) is 10.2 Å². The van der Waals surface area contributed by atoms with E-state index in [0.717, 1.165) is 0 Å². The van der Waals surface area contributed by atoms with Crippen molar-refractivity contribution < 1.29 is 14.9 Å². The zero-order chi connectivity index (χ0) is 15.5. The van der Waals surface area contributed by atoms with Gasteiger partial charge in [-0.2, -0.15) is 0 Å². The van der Waals surface area contributed by atoms with Crippen molar-refractivity contribution in [3.63, 3.8) is 0 Å². The monoisotopic (exact) mass is 303 g/mol. The summed E-state index contributed by atoms with van der Waals surface area (Å²) in [6.45, 7) is 2.02. The van der Waals surface area contributed by atoms with Gasteiger partial charge < -0.3 is 20.3 Å². The molecule has 0 unspecified atom stereocenters. The van der Waals surface area contributed by atoms with Crippen molar-refractivity contribution >= 4 is 17.0 Å². The number of hydrogen-bond acceptors (Lipinski definition) is 7. The lowest BCUT2D eigenvalue weighted by molar-refractivity contribution is -0.0432. The number of aliphatic hydroxyl groups is 2. The minimum atomic E-state index is -0.702. The van der Waals surface area contributed by atoms with Crippen LogP contribution in [0.15, 0.2) is 12.7 Å². The summed E-state index contributed by atoms with van der Waals surface area (Å²) in [5.41, 5.74) is 1.23. The summed E-state index contributed by atoms with van der Waals surface area (Å²) in [5, 5.41) is 22.1. The van der Waals surface area contributed by atoms with Crippen LogP contribution in [0.25, 0.3) is 11.2 Å². The molecule has 0 bridgehead atoms. The molecule has 22 heavy (non-hydrogen) atoms. The summed E-state index contributed by atoms with van der Waals surface area (Å²) < 4.78 is 7.38. The van der Waals surface area contributed by atoms with Gasteiger partial charge in [-0.1, -0.05) is 5.92 Å². The summed E-state index contributed by atoms with van der Waals surface area (Å²) >= 11 is 0. The number of ether oxygens (including phenoxy) is 1. The van der Waals surface area contributed by atoms with E-state index in [1.54, 1.807) is 17.8 Å². The Bertz CT molecular complexity index is 720. The second kappa shape index (κ2) is 6.27. The van der Waals surface area contributed by atoms with Crippen LogP contribution in [0, 0.1) is 11.8 Å². The van der Waals surface area contributed by atoms with Gasteiger partial charge in [0.2, 0.25) is 0 Å². The van der Waals surface area contributed by atoms with Crippen molar-refractivity contribution in [1.29, 1.82) is 0 Å². The fourth-order valence-electron chi connectivity index (χ4n) is 2.46. The third-order valence-electron chi connectivity index (χ3n) is 3.57. The van der Waals surface area contributed by atoms with Crippen LogP contribution < -0.4 is 5.32 Å². The first-order valence-corrected chi connectivity index (χ1v) is 7.00. The molecule has 1 aliphatic rings. The maximum Gasteiger partial charge on any atom is 0.167 e. The molecule has 2 aromatic rings. The average molecular weight is 303 g/mol. The molecule has 0 radical (unpaired) electrons. The molecule has 3 heterocycles. The van der Waals surface area contributed by atoms with Crippen LogP contribution >= 0.6 is 0 Å². The summed E-state index contributed by atoms with van der Waals surface area (Å²) in [7, 11) is 0. The summed E-state index contributed by atoms with van der Waals surface area (Å²) in [4.78, 5) is 12.7. The van der Waals surface area contributed by atoms with E-state index in [2.05, 4.69) is 32.1 Å². The van der Waals surface area contributed by atoms with Gasteiger partial charge in [-0.05, 0) is 6.92 Å². The topological polar surface area (TPSA) is 105 Å². The number of aliphatic hydroxyl groups excluding tert-OH is 2. The van der Waals surface area contributed by atoms with Gasteiger partial charge in [0.05, 0.1) is 25.6 Å². The first-order valence-electron chi connectivity index (χ1n) is 7.00. The molecule has 0 aromatic carbocycles. The third kappa shape index (κ3) is 2.62. The van der Waals surface area contributed by atoms with Gasteiger partial charge >= 0.3 is 0 Å². The van der Waals surface area contributed by atoms with Crippen LogP contribution in [0.4, 0.5) is 5.82 Å². The molecular weight excluding hydrogens is 286 g/mol. The van der Waals surface area contributed by atoms with E-state index >= 15 is 0 Å². The highest BCUT2D eigenvalue weighted by atomic mass is 16.5. The van der Waals surface area contributed by atoms with E-state index in [-0.39, 0.29) is 6.61 Å². The molecule has 0 amide bonds. The predicted molar refractivity (Wildman–Crippen MR) is 78.9 cm³/mol. The molecule has 3 N–H and O–H groups in total. The Kier molecular flexibility index (Phi) is 4.20. The molecule has 1 aliphatic heterocycles. The number of anilines is 1. The van der Waals surface area contributed by atoms with E-state index in [1.807, 2.05) is 0 Å². The molecule has 2 aromatic heterocycles. The van der Waals surface area contributed by atoms with Gasteiger partial charge in [0, 0.05) is 6.42 Å². The third-order valence-corrected chi connectivity index (χ3v) is 3.57. The molecular formula is C14H17N5O3. The fraction of sp³-hybridized carbons (Fsp3) is 0.500. The lowest BCUT2D eigenvalue weighted by Crippen LogP contribution is -2.24. The molecule has 0 spiro atoms. The zero-order valence-electron chi connectivity index (χ0n) is 12.1. The number of rotatable bonds is 4. The molecule has 3 atom stereocenters. The van der Waals surface area contributed by atoms with Gasteiger partial charge in [0.25, 0.3) is 0 Å². The average Bonchev–Trinajstić information content (AvgIpc) is 3.11. The quantitative estimate of drug-likeness (QED) is 0.677. The lowest BCUT2D eigenvalue weighted by atomic mass is 10.2.